The van der Waals surface area contributed by atoms with Crippen LogP contribution in [-0.4, -0.2) is 22.8 Å². The van der Waals surface area contributed by atoms with E-state index < -0.39 is 0 Å². The maximum atomic E-state index is 4.65. The molecule has 4 heteroatoms. The molecule has 0 aliphatic heterocycles. The first kappa shape index (κ1) is 11.5. The molecule has 3 rings (SSSR count). The van der Waals surface area contributed by atoms with Gasteiger partial charge in [-0.15, -0.1) is 11.3 Å². The summed E-state index contributed by atoms with van der Waals surface area (Å²) >= 11 is 3.68. The minimum absolute atomic E-state index is 0.594. The van der Waals surface area contributed by atoms with Gasteiger partial charge in [0, 0.05) is 17.8 Å². The summed E-state index contributed by atoms with van der Waals surface area (Å²) in [6, 6.07) is 9.16. The topological polar surface area (TPSA) is 24.9 Å². The predicted octanol–water partition coefficient (Wildman–Crippen LogP) is 3.53. The first-order chi connectivity index (χ1) is 8.31. The van der Waals surface area contributed by atoms with E-state index in [2.05, 4.69) is 41.5 Å². The SMILES string of the molecule is CC(CNC1CC1)Sc1nc2ccccc2s1. The van der Waals surface area contributed by atoms with Crippen molar-refractivity contribution in [3.63, 3.8) is 0 Å². The molecule has 1 fully saturated rings. The van der Waals surface area contributed by atoms with Crippen molar-refractivity contribution in [1.29, 1.82) is 0 Å². The summed E-state index contributed by atoms with van der Waals surface area (Å²) in [7, 11) is 0. The van der Waals surface area contributed by atoms with Crippen molar-refractivity contribution < 1.29 is 0 Å². The van der Waals surface area contributed by atoms with Crippen LogP contribution in [0.4, 0.5) is 0 Å². The standard InChI is InChI=1S/C13H16N2S2/c1-9(8-14-10-6-7-10)16-13-15-11-4-2-3-5-12(11)17-13/h2-5,9-10,14H,6-8H2,1H3. The maximum Gasteiger partial charge on any atom is 0.151 e. The Kier molecular flexibility index (Phi) is 3.36. The lowest BCUT2D eigenvalue weighted by molar-refractivity contribution is 0.679. The summed E-state index contributed by atoms with van der Waals surface area (Å²) in [5, 5.41) is 4.16. The molecule has 1 aromatic carbocycles. The quantitative estimate of drug-likeness (QED) is 0.836. The van der Waals surface area contributed by atoms with Crippen LogP contribution in [0.5, 0.6) is 0 Å². The largest absolute Gasteiger partial charge is 0.313 e. The second-order valence-corrected chi connectivity index (χ2v) is 7.27. The van der Waals surface area contributed by atoms with Gasteiger partial charge in [0.1, 0.15) is 0 Å². The summed E-state index contributed by atoms with van der Waals surface area (Å²) in [6.45, 7) is 3.36. The van der Waals surface area contributed by atoms with Crippen LogP contribution >= 0.6 is 23.1 Å². The van der Waals surface area contributed by atoms with Crippen LogP contribution in [-0.2, 0) is 0 Å². The average molecular weight is 264 g/mol. The van der Waals surface area contributed by atoms with Crippen molar-refractivity contribution in [3.8, 4) is 0 Å². The van der Waals surface area contributed by atoms with Crippen LogP contribution in [0.15, 0.2) is 28.6 Å². The highest BCUT2D eigenvalue weighted by Gasteiger charge is 2.21. The summed E-state index contributed by atoms with van der Waals surface area (Å²) in [5.41, 5.74) is 1.13. The summed E-state index contributed by atoms with van der Waals surface area (Å²) in [6.07, 6.45) is 2.72. The second kappa shape index (κ2) is 4.96. The van der Waals surface area contributed by atoms with Gasteiger partial charge in [-0.25, -0.2) is 4.98 Å². The Bertz CT molecular complexity index is 472. The number of thiazole rings is 1. The minimum Gasteiger partial charge on any atom is -0.313 e. The normalized spacial score (nSPS) is 17.5. The molecule has 1 aliphatic carbocycles. The molecule has 0 spiro atoms. The molecule has 0 saturated heterocycles. The molecule has 0 amide bonds. The van der Waals surface area contributed by atoms with E-state index >= 15 is 0 Å². The third-order valence-corrected chi connectivity index (χ3v) is 5.08. The van der Waals surface area contributed by atoms with Crippen molar-refractivity contribution >= 4 is 33.3 Å². The molecule has 1 saturated carbocycles. The van der Waals surface area contributed by atoms with Crippen molar-refractivity contribution in [2.24, 2.45) is 0 Å². The lowest BCUT2D eigenvalue weighted by Gasteiger charge is -2.09. The fraction of sp³-hybridized carbons (Fsp3) is 0.462. The number of benzene rings is 1. The number of nitrogens with zero attached hydrogens (tertiary/aromatic N) is 1. The summed E-state index contributed by atoms with van der Waals surface area (Å²) in [5.74, 6) is 0. The van der Waals surface area contributed by atoms with Gasteiger partial charge >= 0.3 is 0 Å². The molecule has 1 N–H and O–H groups in total. The van der Waals surface area contributed by atoms with E-state index in [9.17, 15) is 0 Å². The third kappa shape index (κ3) is 3.00. The maximum absolute atomic E-state index is 4.65. The van der Waals surface area contributed by atoms with Crippen LogP contribution < -0.4 is 5.32 Å². The second-order valence-electron chi connectivity index (χ2n) is 4.56. The highest BCUT2D eigenvalue weighted by molar-refractivity contribution is 8.01. The zero-order valence-corrected chi connectivity index (χ0v) is 11.5. The average Bonchev–Trinajstić information content (AvgIpc) is 3.06. The molecule has 1 atom stereocenters. The number of hydrogen-bond donors (Lipinski definition) is 1. The van der Waals surface area contributed by atoms with Gasteiger partial charge in [0.2, 0.25) is 0 Å². The monoisotopic (exact) mass is 264 g/mol. The van der Waals surface area contributed by atoms with Crippen molar-refractivity contribution in [3.05, 3.63) is 24.3 Å². The van der Waals surface area contributed by atoms with Gasteiger partial charge in [-0.05, 0) is 25.0 Å². The number of nitrogens with one attached hydrogen (secondary N) is 1. The fourth-order valence-corrected chi connectivity index (χ4v) is 4.06. The molecule has 0 bridgehead atoms. The van der Waals surface area contributed by atoms with E-state index in [-0.39, 0.29) is 0 Å². The van der Waals surface area contributed by atoms with E-state index in [0.29, 0.717) is 5.25 Å². The number of para-hydroxylation sites is 1. The van der Waals surface area contributed by atoms with Crippen LogP contribution in [0.3, 0.4) is 0 Å². The molecular weight excluding hydrogens is 248 g/mol. The molecule has 1 heterocycles. The third-order valence-electron chi connectivity index (χ3n) is 2.85. The van der Waals surface area contributed by atoms with Crippen molar-refractivity contribution in [2.75, 3.05) is 6.54 Å². The number of fused-ring (bicyclic) bond motifs is 1. The molecule has 2 nitrogen and oxygen atoms in total. The van der Waals surface area contributed by atoms with Gasteiger partial charge in [-0.2, -0.15) is 0 Å². The van der Waals surface area contributed by atoms with Gasteiger partial charge in [-0.3, -0.25) is 0 Å². The van der Waals surface area contributed by atoms with Gasteiger partial charge in [0.15, 0.2) is 4.34 Å². The van der Waals surface area contributed by atoms with Gasteiger partial charge < -0.3 is 5.32 Å². The Labute approximate surface area is 110 Å². The molecule has 90 valence electrons. The highest BCUT2D eigenvalue weighted by Crippen LogP contribution is 2.31. The van der Waals surface area contributed by atoms with E-state index in [1.165, 1.54) is 21.9 Å². The van der Waals surface area contributed by atoms with Gasteiger partial charge in [0.05, 0.1) is 10.2 Å². The van der Waals surface area contributed by atoms with Crippen molar-refractivity contribution in [1.82, 2.24) is 10.3 Å². The van der Waals surface area contributed by atoms with Gasteiger partial charge in [-0.1, -0.05) is 30.8 Å². The molecular formula is C13H16N2S2. The lowest BCUT2D eigenvalue weighted by Crippen LogP contribution is -2.24. The molecule has 17 heavy (non-hydrogen) atoms. The Balaban J connectivity index is 1.62. The van der Waals surface area contributed by atoms with E-state index in [1.54, 1.807) is 11.3 Å². The highest BCUT2D eigenvalue weighted by atomic mass is 32.2. The zero-order valence-electron chi connectivity index (χ0n) is 9.85. The number of hydrogen-bond acceptors (Lipinski definition) is 4. The number of thioether (sulfide) groups is 1. The van der Waals surface area contributed by atoms with E-state index in [0.717, 1.165) is 18.1 Å². The molecule has 1 aromatic heterocycles. The number of rotatable bonds is 5. The Morgan fingerprint density at radius 2 is 2.29 bits per heavy atom. The first-order valence-electron chi connectivity index (χ1n) is 6.07. The summed E-state index contributed by atoms with van der Waals surface area (Å²) < 4.78 is 2.48. The minimum atomic E-state index is 0.594. The van der Waals surface area contributed by atoms with Gasteiger partial charge in [0.25, 0.3) is 0 Å². The van der Waals surface area contributed by atoms with E-state index in [4.69, 9.17) is 0 Å². The van der Waals surface area contributed by atoms with Crippen LogP contribution in [0.25, 0.3) is 10.2 Å². The summed E-state index contributed by atoms with van der Waals surface area (Å²) in [4.78, 5) is 4.65. The van der Waals surface area contributed by atoms with E-state index in [1.807, 2.05) is 11.8 Å². The predicted molar refractivity (Wildman–Crippen MR) is 76.0 cm³/mol. The Morgan fingerprint density at radius 1 is 1.47 bits per heavy atom. The molecule has 1 unspecified atom stereocenters. The van der Waals surface area contributed by atoms with Crippen LogP contribution in [0.1, 0.15) is 19.8 Å². The Morgan fingerprint density at radius 3 is 3.06 bits per heavy atom. The number of aromatic nitrogens is 1. The molecule has 0 radical (unpaired) electrons. The molecule has 2 aromatic rings. The smallest absolute Gasteiger partial charge is 0.151 e. The first-order valence-corrected chi connectivity index (χ1v) is 7.76. The lowest BCUT2D eigenvalue weighted by atomic mass is 10.3. The van der Waals surface area contributed by atoms with Crippen LogP contribution in [0, 0.1) is 0 Å². The Hall–Kier alpha value is -0.580. The fourth-order valence-electron chi connectivity index (χ4n) is 1.74. The van der Waals surface area contributed by atoms with Crippen molar-refractivity contribution in [2.45, 2.75) is 35.4 Å². The molecule has 1 aliphatic rings. The van der Waals surface area contributed by atoms with Crippen LogP contribution in [0.2, 0.25) is 0 Å². The zero-order chi connectivity index (χ0) is 11.7.